The molecule has 1 atom stereocenters. The minimum atomic E-state index is 0.0460. The molecule has 5 heteroatoms. The number of nitrogens with zero attached hydrogens (tertiary/aromatic N) is 3. The molecule has 19 heavy (non-hydrogen) atoms. The molecule has 1 aromatic heterocycles. The molecule has 1 aliphatic heterocycles. The van der Waals surface area contributed by atoms with Gasteiger partial charge in [0.05, 0.1) is 5.56 Å². The molecule has 1 N–H and O–H groups in total. The Balaban J connectivity index is 1.94. The first-order valence-corrected chi connectivity index (χ1v) is 6.68. The summed E-state index contributed by atoms with van der Waals surface area (Å²) in [5.74, 6) is 1.41. The molecule has 1 saturated heterocycles. The lowest BCUT2D eigenvalue weighted by molar-refractivity contribution is 0.0773. The molecule has 1 aliphatic rings. The van der Waals surface area contributed by atoms with Gasteiger partial charge in [0.25, 0.3) is 5.91 Å². The van der Waals surface area contributed by atoms with Crippen LogP contribution in [0.2, 0.25) is 0 Å². The Hall–Kier alpha value is -1.62. The average molecular weight is 262 g/mol. The van der Waals surface area contributed by atoms with Crippen molar-refractivity contribution in [2.45, 2.75) is 6.42 Å². The summed E-state index contributed by atoms with van der Waals surface area (Å²) in [5, 5.41) is 2.94. The van der Waals surface area contributed by atoms with Gasteiger partial charge in [-0.1, -0.05) is 0 Å². The van der Waals surface area contributed by atoms with Crippen molar-refractivity contribution in [2.24, 2.45) is 5.92 Å². The van der Waals surface area contributed by atoms with E-state index in [-0.39, 0.29) is 5.91 Å². The van der Waals surface area contributed by atoms with Crippen molar-refractivity contribution >= 4 is 11.7 Å². The van der Waals surface area contributed by atoms with Gasteiger partial charge in [-0.15, -0.1) is 0 Å². The first-order valence-electron chi connectivity index (χ1n) is 6.68. The lowest BCUT2D eigenvalue weighted by Crippen LogP contribution is -2.32. The number of amides is 1. The standard InChI is InChI=1S/C14H22N4O/c1-15-13-5-4-12(8-16-13)14(19)18(3)10-11-6-7-17(2)9-11/h4-5,8,11H,6-7,9-10H2,1-3H3,(H,15,16). The molecule has 1 unspecified atom stereocenters. The Morgan fingerprint density at radius 2 is 2.37 bits per heavy atom. The summed E-state index contributed by atoms with van der Waals surface area (Å²) in [6, 6.07) is 3.64. The second kappa shape index (κ2) is 6.02. The molecule has 0 saturated carbocycles. The van der Waals surface area contributed by atoms with Crippen LogP contribution in [-0.2, 0) is 0 Å². The quantitative estimate of drug-likeness (QED) is 0.884. The van der Waals surface area contributed by atoms with Crippen molar-refractivity contribution in [3.05, 3.63) is 23.9 Å². The van der Waals surface area contributed by atoms with Gasteiger partial charge in [0.1, 0.15) is 5.82 Å². The number of aromatic nitrogens is 1. The highest BCUT2D eigenvalue weighted by atomic mass is 16.2. The van der Waals surface area contributed by atoms with Gasteiger partial charge in [0.15, 0.2) is 0 Å². The lowest BCUT2D eigenvalue weighted by Gasteiger charge is -2.21. The minimum absolute atomic E-state index is 0.0460. The molecule has 2 heterocycles. The summed E-state index contributed by atoms with van der Waals surface area (Å²) >= 11 is 0. The number of anilines is 1. The molecule has 2 rings (SSSR count). The van der Waals surface area contributed by atoms with Crippen LogP contribution >= 0.6 is 0 Å². The zero-order valence-electron chi connectivity index (χ0n) is 11.9. The lowest BCUT2D eigenvalue weighted by atomic mass is 10.1. The number of carbonyl (C=O) groups excluding carboxylic acids is 1. The Morgan fingerprint density at radius 3 is 2.89 bits per heavy atom. The maximum Gasteiger partial charge on any atom is 0.255 e. The van der Waals surface area contributed by atoms with Crippen LogP contribution < -0.4 is 5.32 Å². The van der Waals surface area contributed by atoms with Crippen molar-refractivity contribution in [3.63, 3.8) is 0 Å². The second-order valence-corrected chi connectivity index (χ2v) is 5.28. The van der Waals surface area contributed by atoms with E-state index in [0.717, 1.165) is 25.5 Å². The van der Waals surface area contributed by atoms with Gasteiger partial charge in [-0.25, -0.2) is 4.98 Å². The van der Waals surface area contributed by atoms with E-state index in [1.165, 1.54) is 6.42 Å². The fraction of sp³-hybridized carbons (Fsp3) is 0.571. The molecular formula is C14H22N4O. The van der Waals surface area contributed by atoms with E-state index >= 15 is 0 Å². The van der Waals surface area contributed by atoms with Gasteiger partial charge in [0, 0.05) is 33.4 Å². The zero-order chi connectivity index (χ0) is 13.8. The van der Waals surface area contributed by atoms with Crippen LogP contribution in [0.4, 0.5) is 5.82 Å². The van der Waals surface area contributed by atoms with Gasteiger partial charge >= 0.3 is 0 Å². The van der Waals surface area contributed by atoms with Gasteiger partial charge in [0.2, 0.25) is 0 Å². The van der Waals surface area contributed by atoms with Gasteiger partial charge < -0.3 is 15.1 Å². The summed E-state index contributed by atoms with van der Waals surface area (Å²) in [6.07, 6.45) is 2.80. The predicted octanol–water partition coefficient (Wildman–Crippen LogP) is 1.15. The van der Waals surface area contributed by atoms with Crippen LogP contribution in [0.1, 0.15) is 16.8 Å². The highest BCUT2D eigenvalue weighted by molar-refractivity contribution is 5.93. The van der Waals surface area contributed by atoms with Gasteiger partial charge in [-0.2, -0.15) is 0 Å². The van der Waals surface area contributed by atoms with Crippen LogP contribution in [0, 0.1) is 5.92 Å². The first kappa shape index (κ1) is 13.8. The number of nitrogens with one attached hydrogen (secondary N) is 1. The minimum Gasteiger partial charge on any atom is -0.373 e. The monoisotopic (exact) mass is 262 g/mol. The van der Waals surface area contributed by atoms with Gasteiger partial charge in [-0.05, 0) is 38.1 Å². The summed E-state index contributed by atoms with van der Waals surface area (Å²) in [5.41, 5.74) is 0.646. The molecule has 104 valence electrons. The molecule has 1 amide bonds. The van der Waals surface area contributed by atoms with Crippen LogP contribution in [0.5, 0.6) is 0 Å². The topological polar surface area (TPSA) is 48.5 Å². The molecular weight excluding hydrogens is 240 g/mol. The summed E-state index contributed by atoms with van der Waals surface area (Å²) < 4.78 is 0. The zero-order valence-corrected chi connectivity index (χ0v) is 11.9. The SMILES string of the molecule is CNc1ccc(C(=O)N(C)CC2CCN(C)C2)cn1. The number of likely N-dealkylation sites (tertiary alicyclic amines) is 1. The largest absolute Gasteiger partial charge is 0.373 e. The van der Waals surface area contributed by atoms with Gasteiger partial charge in [-0.3, -0.25) is 4.79 Å². The van der Waals surface area contributed by atoms with E-state index in [2.05, 4.69) is 22.2 Å². The van der Waals surface area contributed by atoms with Crippen molar-refractivity contribution in [2.75, 3.05) is 46.1 Å². The molecule has 1 fully saturated rings. The molecule has 0 radical (unpaired) electrons. The molecule has 0 aliphatic carbocycles. The number of carbonyl (C=O) groups is 1. The number of pyridine rings is 1. The third-order valence-electron chi connectivity index (χ3n) is 3.63. The fourth-order valence-electron chi connectivity index (χ4n) is 2.53. The van der Waals surface area contributed by atoms with Crippen molar-refractivity contribution in [3.8, 4) is 0 Å². The fourth-order valence-corrected chi connectivity index (χ4v) is 2.53. The maximum atomic E-state index is 12.3. The van der Waals surface area contributed by atoms with E-state index in [1.807, 2.05) is 26.2 Å². The average Bonchev–Trinajstić information content (AvgIpc) is 2.83. The normalized spacial score (nSPS) is 19.4. The molecule has 0 bridgehead atoms. The highest BCUT2D eigenvalue weighted by Crippen LogP contribution is 2.16. The molecule has 0 aromatic carbocycles. The maximum absolute atomic E-state index is 12.3. The van der Waals surface area contributed by atoms with Crippen molar-refractivity contribution < 1.29 is 4.79 Å². The van der Waals surface area contributed by atoms with Crippen molar-refractivity contribution in [1.29, 1.82) is 0 Å². The van der Waals surface area contributed by atoms with E-state index in [1.54, 1.807) is 11.1 Å². The molecule has 1 aromatic rings. The van der Waals surface area contributed by atoms with Crippen LogP contribution in [-0.4, -0.2) is 61.5 Å². The van der Waals surface area contributed by atoms with Crippen LogP contribution in [0.15, 0.2) is 18.3 Å². The predicted molar refractivity (Wildman–Crippen MR) is 76.3 cm³/mol. The molecule has 0 spiro atoms. The third-order valence-corrected chi connectivity index (χ3v) is 3.63. The second-order valence-electron chi connectivity index (χ2n) is 5.28. The summed E-state index contributed by atoms with van der Waals surface area (Å²) in [6.45, 7) is 3.02. The Labute approximate surface area is 114 Å². The number of rotatable bonds is 4. The first-order chi connectivity index (χ1) is 9.10. The number of hydrogen-bond acceptors (Lipinski definition) is 4. The Morgan fingerprint density at radius 1 is 1.58 bits per heavy atom. The van der Waals surface area contributed by atoms with E-state index in [4.69, 9.17) is 0 Å². The summed E-state index contributed by atoms with van der Waals surface area (Å²) in [7, 11) is 5.81. The van der Waals surface area contributed by atoms with E-state index in [0.29, 0.717) is 11.5 Å². The Kier molecular flexibility index (Phi) is 4.37. The highest BCUT2D eigenvalue weighted by Gasteiger charge is 2.23. The third kappa shape index (κ3) is 3.44. The molecule has 5 nitrogen and oxygen atoms in total. The smallest absolute Gasteiger partial charge is 0.255 e. The van der Waals surface area contributed by atoms with E-state index < -0.39 is 0 Å². The van der Waals surface area contributed by atoms with E-state index in [9.17, 15) is 4.79 Å². The van der Waals surface area contributed by atoms with Crippen LogP contribution in [0.3, 0.4) is 0 Å². The Bertz CT molecular complexity index is 432. The van der Waals surface area contributed by atoms with Crippen molar-refractivity contribution in [1.82, 2.24) is 14.8 Å². The number of hydrogen-bond donors (Lipinski definition) is 1. The van der Waals surface area contributed by atoms with Crippen LogP contribution in [0.25, 0.3) is 0 Å². The summed E-state index contributed by atoms with van der Waals surface area (Å²) in [4.78, 5) is 20.6.